The van der Waals surface area contributed by atoms with Crippen molar-refractivity contribution in [1.29, 1.82) is 0 Å². The smallest absolute Gasteiger partial charge is 0.349 e. The lowest BCUT2D eigenvalue weighted by molar-refractivity contribution is 0.122. The molecular formula is C24H29N7O3. The lowest BCUT2D eigenvalue weighted by atomic mass is 9.93. The highest BCUT2D eigenvalue weighted by molar-refractivity contribution is 5.85. The van der Waals surface area contributed by atoms with Crippen LogP contribution < -0.4 is 20.6 Å². The number of morpholine rings is 1. The topological polar surface area (TPSA) is 118 Å². The van der Waals surface area contributed by atoms with Crippen molar-refractivity contribution in [2.24, 2.45) is 0 Å². The minimum Gasteiger partial charge on any atom is -0.488 e. The van der Waals surface area contributed by atoms with E-state index < -0.39 is 0 Å². The van der Waals surface area contributed by atoms with Crippen LogP contribution in [0.25, 0.3) is 11.0 Å². The van der Waals surface area contributed by atoms with E-state index in [0.29, 0.717) is 11.9 Å². The molecule has 2 saturated carbocycles. The summed E-state index contributed by atoms with van der Waals surface area (Å²) in [5.41, 5.74) is 2.41. The first-order chi connectivity index (χ1) is 16.7. The Kier molecular flexibility index (Phi) is 5.74. The highest BCUT2D eigenvalue weighted by Crippen LogP contribution is 2.38. The molecule has 2 aromatic heterocycles. The molecule has 10 nitrogen and oxygen atoms in total. The van der Waals surface area contributed by atoms with Crippen LogP contribution >= 0.6 is 0 Å². The number of hydrogen-bond donors (Lipinski definition) is 2. The van der Waals surface area contributed by atoms with E-state index in [0.717, 1.165) is 93.1 Å². The summed E-state index contributed by atoms with van der Waals surface area (Å²) in [7, 11) is 0. The molecule has 3 fully saturated rings. The Morgan fingerprint density at radius 3 is 2.59 bits per heavy atom. The van der Waals surface area contributed by atoms with Crippen LogP contribution in [0.1, 0.15) is 50.3 Å². The van der Waals surface area contributed by atoms with Crippen molar-refractivity contribution < 1.29 is 9.47 Å². The first-order valence-corrected chi connectivity index (χ1v) is 12.2. The third-order valence-corrected chi connectivity index (χ3v) is 6.83. The monoisotopic (exact) mass is 463 g/mol. The van der Waals surface area contributed by atoms with E-state index in [9.17, 15) is 4.79 Å². The second-order valence-corrected chi connectivity index (χ2v) is 9.34. The van der Waals surface area contributed by atoms with E-state index in [1.807, 2.05) is 0 Å². The van der Waals surface area contributed by atoms with E-state index in [1.165, 1.54) is 0 Å². The molecule has 3 aliphatic rings. The summed E-state index contributed by atoms with van der Waals surface area (Å²) in [5.74, 6) is 2.36. The van der Waals surface area contributed by atoms with Crippen molar-refractivity contribution in [3.8, 4) is 5.75 Å². The highest BCUT2D eigenvalue weighted by atomic mass is 16.5. The van der Waals surface area contributed by atoms with Crippen LogP contribution in [0.3, 0.4) is 0 Å². The predicted molar refractivity (Wildman–Crippen MR) is 127 cm³/mol. The molecule has 3 heterocycles. The summed E-state index contributed by atoms with van der Waals surface area (Å²) in [5, 5.41) is 3.37. The second kappa shape index (κ2) is 9.17. The van der Waals surface area contributed by atoms with Gasteiger partial charge in [0.2, 0.25) is 5.95 Å². The van der Waals surface area contributed by atoms with Crippen molar-refractivity contribution in [2.75, 3.05) is 36.5 Å². The Morgan fingerprint density at radius 2 is 1.79 bits per heavy atom. The number of hydrogen-bond acceptors (Lipinski definition) is 9. The molecule has 1 aromatic carbocycles. The Labute approximate surface area is 197 Å². The normalized spacial score (nSPS) is 23.1. The molecule has 178 valence electrons. The fraction of sp³-hybridized carbons (Fsp3) is 0.542. The molecule has 2 N–H and O–H groups in total. The molecule has 0 spiro atoms. The number of anilines is 2. The average Bonchev–Trinajstić information content (AvgIpc) is 3.71. The van der Waals surface area contributed by atoms with Crippen LogP contribution in [0, 0.1) is 0 Å². The van der Waals surface area contributed by atoms with Crippen molar-refractivity contribution >= 4 is 22.7 Å². The number of benzene rings is 1. The molecule has 6 rings (SSSR count). The fourth-order valence-corrected chi connectivity index (χ4v) is 4.83. The molecule has 34 heavy (non-hydrogen) atoms. The quantitative estimate of drug-likeness (QED) is 0.569. The number of fused-ring (bicyclic) bond motifs is 1. The Bertz CT molecular complexity index is 1210. The summed E-state index contributed by atoms with van der Waals surface area (Å²) < 4.78 is 12.0. The number of aromatic nitrogens is 5. The van der Waals surface area contributed by atoms with Gasteiger partial charge in [-0.3, -0.25) is 9.97 Å². The van der Waals surface area contributed by atoms with Gasteiger partial charge in [0, 0.05) is 49.2 Å². The summed E-state index contributed by atoms with van der Waals surface area (Å²) >= 11 is 0. The molecule has 0 amide bonds. The zero-order valence-electron chi connectivity index (χ0n) is 19.1. The number of rotatable bonds is 6. The number of nitrogens with one attached hydrogen (secondary N) is 2. The van der Waals surface area contributed by atoms with E-state index in [1.54, 1.807) is 12.4 Å². The van der Waals surface area contributed by atoms with Crippen LogP contribution in [0.2, 0.25) is 0 Å². The van der Waals surface area contributed by atoms with E-state index in [-0.39, 0.29) is 17.8 Å². The standard InChI is InChI=1S/C24H29N7O3/c32-24-29-22(15-1-2-15)28-23(30-24)27-16-3-5-18(6-4-16)34-20-14-17(31-9-11-33-12-10-31)13-19-21(20)26-8-7-25-19/h7-8,13-16,18H,1-6,9-12H2,(H2,27,28,29,30,32). The van der Waals surface area contributed by atoms with Gasteiger partial charge in [-0.05, 0) is 44.6 Å². The maximum atomic E-state index is 11.9. The molecule has 1 saturated heterocycles. The van der Waals surface area contributed by atoms with Crippen LogP contribution in [0.5, 0.6) is 5.75 Å². The fourth-order valence-electron chi connectivity index (χ4n) is 4.83. The van der Waals surface area contributed by atoms with E-state index >= 15 is 0 Å². The zero-order valence-corrected chi connectivity index (χ0v) is 19.1. The Balaban J connectivity index is 1.13. The minimum absolute atomic E-state index is 0.102. The van der Waals surface area contributed by atoms with Gasteiger partial charge in [-0.15, -0.1) is 0 Å². The molecular weight excluding hydrogens is 434 g/mol. The first-order valence-electron chi connectivity index (χ1n) is 12.2. The number of ether oxygens (including phenoxy) is 2. The molecule has 1 aliphatic heterocycles. The van der Waals surface area contributed by atoms with Gasteiger partial charge in [-0.2, -0.15) is 9.97 Å². The van der Waals surface area contributed by atoms with E-state index in [4.69, 9.17) is 9.47 Å². The maximum Gasteiger partial charge on any atom is 0.349 e. The average molecular weight is 464 g/mol. The van der Waals surface area contributed by atoms with Gasteiger partial charge in [0.25, 0.3) is 0 Å². The third-order valence-electron chi connectivity index (χ3n) is 6.83. The van der Waals surface area contributed by atoms with Gasteiger partial charge in [-0.25, -0.2) is 9.78 Å². The van der Waals surface area contributed by atoms with Crippen LogP contribution in [0.4, 0.5) is 11.6 Å². The largest absolute Gasteiger partial charge is 0.488 e. The SMILES string of the molecule is O=c1nc(NC2CCC(Oc3cc(N4CCOCC4)cc4nccnc34)CC2)nc(C2CC2)[nH]1. The van der Waals surface area contributed by atoms with Gasteiger partial charge in [0.15, 0.2) is 0 Å². The zero-order chi connectivity index (χ0) is 22.9. The number of nitrogens with zero attached hydrogens (tertiary/aromatic N) is 5. The highest BCUT2D eigenvalue weighted by Gasteiger charge is 2.28. The first kappa shape index (κ1) is 21.3. The molecule has 0 radical (unpaired) electrons. The van der Waals surface area contributed by atoms with E-state index in [2.05, 4.69) is 47.3 Å². The van der Waals surface area contributed by atoms with Crippen LogP contribution in [-0.2, 0) is 4.74 Å². The van der Waals surface area contributed by atoms with Crippen molar-refractivity contribution in [3.63, 3.8) is 0 Å². The summed E-state index contributed by atoms with van der Waals surface area (Å²) in [6.45, 7) is 3.17. The Hall–Kier alpha value is -3.27. The lowest BCUT2D eigenvalue weighted by Gasteiger charge is -2.31. The van der Waals surface area contributed by atoms with Gasteiger partial charge in [0.05, 0.1) is 24.8 Å². The lowest BCUT2D eigenvalue weighted by Crippen LogP contribution is -2.36. The molecule has 3 aromatic rings. The van der Waals surface area contributed by atoms with Crippen LogP contribution in [0.15, 0.2) is 29.3 Å². The summed E-state index contributed by atoms with van der Waals surface area (Å²) in [4.78, 5) is 34.6. The summed E-state index contributed by atoms with van der Waals surface area (Å²) in [6.07, 6.45) is 9.35. The third kappa shape index (κ3) is 4.68. The molecule has 0 unspecified atom stereocenters. The van der Waals surface area contributed by atoms with Gasteiger partial charge in [0.1, 0.15) is 17.1 Å². The molecule has 0 bridgehead atoms. The number of H-pyrrole nitrogens is 1. The minimum atomic E-state index is -0.329. The number of aromatic amines is 1. The second-order valence-electron chi connectivity index (χ2n) is 9.34. The van der Waals surface area contributed by atoms with Crippen LogP contribution in [-0.4, -0.2) is 63.4 Å². The maximum absolute atomic E-state index is 11.9. The predicted octanol–water partition coefficient (Wildman–Crippen LogP) is 2.62. The van der Waals surface area contributed by atoms with Gasteiger partial charge in [-0.1, -0.05) is 0 Å². The molecule has 2 aliphatic carbocycles. The summed E-state index contributed by atoms with van der Waals surface area (Å²) in [6, 6.07) is 4.40. The molecule has 10 heteroatoms. The van der Waals surface area contributed by atoms with Gasteiger partial charge < -0.3 is 19.7 Å². The van der Waals surface area contributed by atoms with Crippen molar-refractivity contribution in [3.05, 3.63) is 40.8 Å². The molecule has 0 atom stereocenters. The Morgan fingerprint density at radius 1 is 1.00 bits per heavy atom. The van der Waals surface area contributed by atoms with Crippen molar-refractivity contribution in [1.82, 2.24) is 24.9 Å². The van der Waals surface area contributed by atoms with Gasteiger partial charge >= 0.3 is 5.69 Å². The van der Waals surface area contributed by atoms with Crippen molar-refractivity contribution in [2.45, 2.75) is 56.6 Å².